The predicted molar refractivity (Wildman–Crippen MR) is 109 cm³/mol. The van der Waals surface area contributed by atoms with E-state index in [2.05, 4.69) is 0 Å². The van der Waals surface area contributed by atoms with Gasteiger partial charge in [0.2, 0.25) is 0 Å². The fourth-order valence-corrected chi connectivity index (χ4v) is 2.82. The Bertz CT molecular complexity index is 747. The van der Waals surface area contributed by atoms with Gasteiger partial charge in [0.1, 0.15) is 0 Å². The molecule has 0 saturated heterocycles. The molecule has 0 aliphatic heterocycles. The zero-order valence-electron chi connectivity index (χ0n) is 18.1. The molecule has 1 aromatic carbocycles. The van der Waals surface area contributed by atoms with Crippen molar-refractivity contribution < 1.29 is 40.6 Å². The van der Waals surface area contributed by atoms with Crippen molar-refractivity contribution in [3.05, 3.63) is 58.7 Å². The van der Waals surface area contributed by atoms with Gasteiger partial charge in [-0.05, 0) is 56.9 Å². The van der Waals surface area contributed by atoms with Gasteiger partial charge in [0.15, 0.2) is 0 Å². The lowest BCUT2D eigenvalue weighted by Crippen LogP contribution is -2.12. The number of hydrogen-bond donors (Lipinski definition) is 0. The minimum absolute atomic E-state index is 0.104. The van der Waals surface area contributed by atoms with Crippen molar-refractivity contribution in [1.82, 2.24) is 0 Å². The summed E-state index contributed by atoms with van der Waals surface area (Å²) < 4.78 is 87.2. The molecule has 3 nitrogen and oxygen atoms in total. The summed E-state index contributed by atoms with van der Waals surface area (Å²) in [4.78, 5) is 11.2. The molecule has 0 unspecified atom stereocenters. The highest BCUT2D eigenvalue weighted by Gasteiger charge is 2.36. The molecule has 9 heteroatoms. The van der Waals surface area contributed by atoms with E-state index >= 15 is 0 Å². The van der Waals surface area contributed by atoms with Crippen molar-refractivity contribution in [2.75, 3.05) is 13.2 Å². The molecule has 180 valence electrons. The van der Waals surface area contributed by atoms with E-state index in [-0.39, 0.29) is 24.8 Å². The number of hydrogen-bond acceptors (Lipinski definition) is 3. The second kappa shape index (κ2) is 13.3. The van der Waals surface area contributed by atoms with Crippen LogP contribution in [-0.2, 0) is 33.2 Å². The molecule has 0 spiro atoms. The minimum Gasteiger partial charge on any atom is -0.463 e. The normalized spacial score (nSPS) is 13.1. The van der Waals surface area contributed by atoms with Crippen molar-refractivity contribution >= 4 is 5.97 Å². The molecular weight excluding hydrogens is 438 g/mol. The molecule has 0 amide bonds. The summed E-state index contributed by atoms with van der Waals surface area (Å²) in [7, 11) is 0. The fourth-order valence-electron chi connectivity index (χ4n) is 2.82. The van der Waals surface area contributed by atoms with Crippen LogP contribution in [0.5, 0.6) is 0 Å². The molecule has 0 heterocycles. The number of alkyl halides is 6. The number of unbranched alkanes of at least 4 members (excludes halogenated alkanes) is 3. The Morgan fingerprint density at radius 1 is 0.938 bits per heavy atom. The van der Waals surface area contributed by atoms with Gasteiger partial charge in [0, 0.05) is 12.7 Å². The van der Waals surface area contributed by atoms with Crippen LogP contribution in [0, 0.1) is 0 Å². The SMILES string of the molecule is CCOC(=O)C=CC=C(C)CCCCCCOCc1cc(C(F)(F)F)cc(C(F)(F)F)c1. The lowest BCUT2D eigenvalue weighted by Gasteiger charge is -2.14. The van der Waals surface area contributed by atoms with Gasteiger partial charge in [-0.1, -0.05) is 30.6 Å². The maximum atomic E-state index is 12.9. The monoisotopic (exact) mass is 466 g/mol. The number of allylic oxidation sites excluding steroid dienone is 3. The fraction of sp³-hybridized carbons (Fsp3) is 0.522. The number of halogens is 6. The Morgan fingerprint density at radius 3 is 2.09 bits per heavy atom. The van der Waals surface area contributed by atoms with E-state index in [9.17, 15) is 31.1 Å². The highest BCUT2D eigenvalue weighted by atomic mass is 19.4. The molecular formula is C23H28F6O3. The van der Waals surface area contributed by atoms with Crippen molar-refractivity contribution in [2.45, 2.75) is 64.9 Å². The molecule has 0 aliphatic rings. The van der Waals surface area contributed by atoms with Crippen LogP contribution >= 0.6 is 0 Å². The third kappa shape index (κ3) is 11.4. The second-order valence-electron chi connectivity index (χ2n) is 7.26. The molecule has 1 rings (SSSR count). The van der Waals surface area contributed by atoms with Crippen LogP contribution < -0.4 is 0 Å². The predicted octanol–water partition coefficient (Wildman–Crippen LogP) is 7.26. The van der Waals surface area contributed by atoms with Gasteiger partial charge in [0.05, 0.1) is 24.3 Å². The average molecular weight is 466 g/mol. The number of rotatable bonds is 12. The lowest BCUT2D eigenvalue weighted by molar-refractivity contribution is -0.143. The molecule has 0 aromatic heterocycles. The topological polar surface area (TPSA) is 35.5 Å². The van der Waals surface area contributed by atoms with Crippen molar-refractivity contribution in [3.8, 4) is 0 Å². The van der Waals surface area contributed by atoms with Crippen LogP contribution in [0.15, 0.2) is 42.0 Å². The summed E-state index contributed by atoms with van der Waals surface area (Å²) in [6, 6.07) is 1.47. The Labute approximate surface area is 184 Å². The van der Waals surface area contributed by atoms with E-state index in [0.717, 1.165) is 31.3 Å². The third-order valence-corrected chi connectivity index (χ3v) is 4.43. The first-order valence-electron chi connectivity index (χ1n) is 10.3. The van der Waals surface area contributed by atoms with Gasteiger partial charge in [-0.2, -0.15) is 26.3 Å². The van der Waals surface area contributed by atoms with Gasteiger partial charge < -0.3 is 9.47 Å². The second-order valence-corrected chi connectivity index (χ2v) is 7.26. The zero-order chi connectivity index (χ0) is 24.2. The third-order valence-electron chi connectivity index (χ3n) is 4.43. The summed E-state index contributed by atoms with van der Waals surface area (Å²) >= 11 is 0. The number of benzene rings is 1. The van der Waals surface area contributed by atoms with Crippen LogP contribution in [0.1, 0.15) is 62.6 Å². The lowest BCUT2D eigenvalue weighted by atomic mass is 10.1. The van der Waals surface area contributed by atoms with Gasteiger partial charge in [-0.15, -0.1) is 0 Å². The maximum absolute atomic E-state index is 12.9. The van der Waals surface area contributed by atoms with Crippen LogP contribution in [0.2, 0.25) is 0 Å². The molecule has 1 aromatic rings. The van der Waals surface area contributed by atoms with Crippen LogP contribution in [0.25, 0.3) is 0 Å². The van der Waals surface area contributed by atoms with Gasteiger partial charge in [-0.3, -0.25) is 0 Å². The van der Waals surface area contributed by atoms with Crippen molar-refractivity contribution in [2.24, 2.45) is 0 Å². The number of carbonyl (C=O) groups is 1. The first kappa shape index (κ1) is 27.7. The number of carbonyl (C=O) groups excluding carboxylic acids is 1. The molecule has 0 saturated carbocycles. The quantitative estimate of drug-likeness (QED) is 0.107. The smallest absolute Gasteiger partial charge is 0.416 e. The minimum atomic E-state index is -4.86. The molecule has 0 atom stereocenters. The molecule has 0 N–H and O–H groups in total. The first-order valence-corrected chi connectivity index (χ1v) is 10.3. The van der Waals surface area contributed by atoms with Gasteiger partial charge in [0.25, 0.3) is 0 Å². The van der Waals surface area contributed by atoms with E-state index in [0.29, 0.717) is 25.2 Å². The molecule has 0 radical (unpaired) electrons. The average Bonchev–Trinajstić information content (AvgIpc) is 2.68. The Balaban J connectivity index is 2.34. The van der Waals surface area contributed by atoms with E-state index < -0.39 is 29.4 Å². The summed E-state index contributed by atoms with van der Waals surface area (Å²) in [6.45, 7) is 3.93. The highest BCUT2D eigenvalue weighted by molar-refractivity contribution is 5.82. The van der Waals surface area contributed by atoms with Crippen LogP contribution in [0.3, 0.4) is 0 Å². The Kier molecular flexibility index (Phi) is 11.5. The van der Waals surface area contributed by atoms with Gasteiger partial charge in [-0.25, -0.2) is 4.79 Å². The molecule has 0 bridgehead atoms. The standard InChI is InChI=1S/C23H28F6O3/c1-3-32-21(30)11-8-10-17(2)9-6-4-5-7-12-31-16-18-13-19(22(24,25)26)15-20(14-18)23(27,28)29/h8,10-11,13-15H,3-7,9,12,16H2,1-2H3. The highest BCUT2D eigenvalue weighted by Crippen LogP contribution is 2.36. The van der Waals surface area contributed by atoms with Crippen molar-refractivity contribution in [3.63, 3.8) is 0 Å². The zero-order valence-corrected chi connectivity index (χ0v) is 18.1. The summed E-state index contributed by atoms with van der Waals surface area (Å²) in [6.07, 6.45) is -0.766. The maximum Gasteiger partial charge on any atom is 0.416 e. The van der Waals surface area contributed by atoms with E-state index in [1.807, 2.05) is 13.0 Å². The van der Waals surface area contributed by atoms with Crippen LogP contribution in [-0.4, -0.2) is 19.2 Å². The molecule has 32 heavy (non-hydrogen) atoms. The molecule has 0 aliphatic carbocycles. The van der Waals surface area contributed by atoms with Gasteiger partial charge >= 0.3 is 18.3 Å². The van der Waals surface area contributed by atoms with Crippen molar-refractivity contribution in [1.29, 1.82) is 0 Å². The number of ether oxygens (including phenoxy) is 2. The van der Waals surface area contributed by atoms with Crippen LogP contribution in [0.4, 0.5) is 26.3 Å². The Hall–Kier alpha value is -2.29. The Morgan fingerprint density at radius 2 is 1.53 bits per heavy atom. The first-order chi connectivity index (χ1) is 14.9. The van der Waals surface area contributed by atoms with E-state index in [1.54, 1.807) is 13.0 Å². The van der Waals surface area contributed by atoms with E-state index in [1.165, 1.54) is 6.08 Å². The van der Waals surface area contributed by atoms with E-state index in [4.69, 9.17) is 9.47 Å². The summed E-state index contributed by atoms with van der Waals surface area (Å²) in [5, 5.41) is 0. The largest absolute Gasteiger partial charge is 0.463 e. The summed E-state index contributed by atoms with van der Waals surface area (Å²) in [5.74, 6) is -0.392. The number of esters is 1. The summed E-state index contributed by atoms with van der Waals surface area (Å²) in [5.41, 5.74) is -1.74. The molecule has 0 fully saturated rings.